The highest BCUT2D eigenvalue weighted by atomic mass is 19.1. The SMILES string of the molecule is COc1ccc(F)cc1C(C(=O)O)N(C)Cc1cnn(C)c1. The van der Waals surface area contributed by atoms with Crippen molar-refractivity contribution in [1.82, 2.24) is 14.7 Å². The molecule has 0 amide bonds. The Labute approximate surface area is 127 Å². The number of hydrogen-bond acceptors (Lipinski definition) is 4. The van der Waals surface area contributed by atoms with E-state index in [1.165, 1.54) is 25.3 Å². The fourth-order valence-corrected chi connectivity index (χ4v) is 2.41. The summed E-state index contributed by atoms with van der Waals surface area (Å²) in [6, 6.07) is 2.84. The maximum Gasteiger partial charge on any atom is 0.325 e. The molecule has 0 saturated carbocycles. The number of methoxy groups -OCH3 is 1. The van der Waals surface area contributed by atoms with E-state index in [9.17, 15) is 14.3 Å². The zero-order valence-electron chi connectivity index (χ0n) is 12.7. The van der Waals surface area contributed by atoms with Crippen LogP contribution < -0.4 is 4.74 Å². The Hall–Kier alpha value is -2.41. The first-order valence-corrected chi connectivity index (χ1v) is 6.66. The van der Waals surface area contributed by atoms with Gasteiger partial charge < -0.3 is 9.84 Å². The quantitative estimate of drug-likeness (QED) is 0.882. The van der Waals surface area contributed by atoms with Crippen molar-refractivity contribution in [3.63, 3.8) is 0 Å². The third kappa shape index (κ3) is 3.43. The second-order valence-electron chi connectivity index (χ2n) is 5.06. The van der Waals surface area contributed by atoms with E-state index in [0.29, 0.717) is 12.3 Å². The molecule has 1 aromatic heterocycles. The zero-order valence-corrected chi connectivity index (χ0v) is 12.7. The molecule has 0 saturated heterocycles. The highest BCUT2D eigenvalue weighted by Crippen LogP contribution is 2.30. The summed E-state index contributed by atoms with van der Waals surface area (Å²) >= 11 is 0. The molecule has 7 heteroatoms. The van der Waals surface area contributed by atoms with Gasteiger partial charge in [0, 0.05) is 30.9 Å². The Morgan fingerprint density at radius 2 is 2.27 bits per heavy atom. The van der Waals surface area contributed by atoms with Crippen LogP contribution in [0.1, 0.15) is 17.2 Å². The van der Waals surface area contributed by atoms with Crippen molar-refractivity contribution in [2.45, 2.75) is 12.6 Å². The van der Waals surface area contributed by atoms with Crippen molar-refractivity contribution in [1.29, 1.82) is 0 Å². The van der Waals surface area contributed by atoms with Crippen LogP contribution in [0.3, 0.4) is 0 Å². The van der Waals surface area contributed by atoms with Gasteiger partial charge in [0.1, 0.15) is 17.6 Å². The number of ether oxygens (including phenoxy) is 1. The van der Waals surface area contributed by atoms with Gasteiger partial charge >= 0.3 is 5.97 Å². The van der Waals surface area contributed by atoms with E-state index in [4.69, 9.17) is 4.74 Å². The lowest BCUT2D eigenvalue weighted by Gasteiger charge is -2.25. The molecular formula is C15H18FN3O3. The van der Waals surface area contributed by atoms with Gasteiger partial charge in [-0.05, 0) is 25.2 Å². The predicted molar refractivity (Wildman–Crippen MR) is 78.0 cm³/mol. The van der Waals surface area contributed by atoms with E-state index in [1.54, 1.807) is 36.1 Å². The van der Waals surface area contributed by atoms with Crippen molar-refractivity contribution < 1.29 is 19.0 Å². The molecule has 6 nitrogen and oxygen atoms in total. The largest absolute Gasteiger partial charge is 0.496 e. The summed E-state index contributed by atoms with van der Waals surface area (Å²) in [6.07, 6.45) is 3.47. The topological polar surface area (TPSA) is 67.6 Å². The van der Waals surface area contributed by atoms with Crippen LogP contribution in [0.15, 0.2) is 30.6 Å². The number of hydrogen-bond donors (Lipinski definition) is 1. The molecule has 1 aromatic carbocycles. The second-order valence-corrected chi connectivity index (χ2v) is 5.06. The Balaban J connectivity index is 2.33. The second kappa shape index (κ2) is 6.57. The van der Waals surface area contributed by atoms with Crippen LogP contribution in [0.5, 0.6) is 5.75 Å². The molecule has 0 spiro atoms. The van der Waals surface area contributed by atoms with Gasteiger partial charge in [-0.25, -0.2) is 4.39 Å². The minimum Gasteiger partial charge on any atom is -0.496 e. The van der Waals surface area contributed by atoms with Crippen molar-refractivity contribution in [3.05, 3.63) is 47.5 Å². The molecule has 1 atom stereocenters. The molecule has 118 valence electrons. The Morgan fingerprint density at radius 3 is 2.82 bits per heavy atom. The summed E-state index contributed by atoms with van der Waals surface area (Å²) in [4.78, 5) is 13.3. The maximum atomic E-state index is 13.5. The van der Waals surface area contributed by atoms with E-state index >= 15 is 0 Å². The van der Waals surface area contributed by atoms with Gasteiger partial charge in [-0.2, -0.15) is 5.10 Å². The molecule has 0 fully saturated rings. The van der Waals surface area contributed by atoms with Crippen molar-refractivity contribution in [3.8, 4) is 5.75 Å². The smallest absolute Gasteiger partial charge is 0.325 e. The number of carboxylic acids is 1. The normalized spacial score (nSPS) is 12.4. The standard InChI is InChI=1S/C15H18FN3O3/c1-18(8-10-7-17-19(2)9-10)14(15(20)21)12-6-11(16)4-5-13(12)22-3/h4-7,9,14H,8H2,1-3H3,(H,20,21). The van der Waals surface area contributed by atoms with Crippen molar-refractivity contribution in [2.75, 3.05) is 14.2 Å². The zero-order chi connectivity index (χ0) is 16.3. The molecule has 0 radical (unpaired) electrons. The first-order chi connectivity index (χ1) is 10.4. The maximum absolute atomic E-state index is 13.5. The van der Waals surface area contributed by atoms with E-state index in [-0.39, 0.29) is 5.56 Å². The lowest BCUT2D eigenvalue weighted by molar-refractivity contribution is -0.143. The Morgan fingerprint density at radius 1 is 1.55 bits per heavy atom. The lowest BCUT2D eigenvalue weighted by atomic mass is 10.0. The van der Waals surface area contributed by atoms with E-state index in [1.807, 2.05) is 0 Å². The highest BCUT2D eigenvalue weighted by molar-refractivity contribution is 5.76. The number of rotatable bonds is 6. The fraction of sp³-hybridized carbons (Fsp3) is 0.333. The fourth-order valence-electron chi connectivity index (χ4n) is 2.41. The number of aryl methyl sites for hydroxylation is 1. The summed E-state index contributed by atoms with van der Waals surface area (Å²) in [7, 11) is 4.88. The molecule has 1 N–H and O–H groups in total. The van der Waals surface area contributed by atoms with Crippen LogP contribution in [-0.2, 0) is 18.4 Å². The molecule has 2 rings (SSSR count). The molecule has 2 aromatic rings. The average Bonchev–Trinajstić information content (AvgIpc) is 2.84. The summed E-state index contributed by atoms with van der Waals surface area (Å²) in [5, 5.41) is 13.6. The van der Waals surface area contributed by atoms with Crippen LogP contribution in [0.4, 0.5) is 4.39 Å². The van der Waals surface area contributed by atoms with Crippen LogP contribution in [0.2, 0.25) is 0 Å². The third-order valence-corrected chi connectivity index (χ3v) is 3.35. The summed E-state index contributed by atoms with van der Waals surface area (Å²) in [5.74, 6) is -1.24. The number of aliphatic carboxylic acids is 1. The minimum atomic E-state index is -1.07. The van der Waals surface area contributed by atoms with Gasteiger partial charge in [0.2, 0.25) is 0 Å². The number of nitrogens with zero attached hydrogens (tertiary/aromatic N) is 3. The summed E-state index contributed by atoms with van der Waals surface area (Å²) in [5.41, 5.74) is 1.15. The van der Waals surface area contributed by atoms with Crippen molar-refractivity contribution >= 4 is 5.97 Å². The minimum absolute atomic E-state index is 0.279. The lowest BCUT2D eigenvalue weighted by Crippen LogP contribution is -2.30. The number of halogens is 1. The van der Waals surface area contributed by atoms with Crippen LogP contribution in [0, 0.1) is 5.82 Å². The summed E-state index contributed by atoms with van der Waals surface area (Å²) < 4.78 is 20.3. The monoisotopic (exact) mass is 307 g/mol. The van der Waals surface area contributed by atoms with E-state index < -0.39 is 17.8 Å². The van der Waals surface area contributed by atoms with Crippen LogP contribution >= 0.6 is 0 Å². The van der Waals surface area contributed by atoms with Gasteiger partial charge in [0.25, 0.3) is 0 Å². The van der Waals surface area contributed by atoms with Gasteiger partial charge in [0.15, 0.2) is 0 Å². The number of benzene rings is 1. The first-order valence-electron chi connectivity index (χ1n) is 6.66. The molecule has 0 aliphatic heterocycles. The van der Waals surface area contributed by atoms with Crippen LogP contribution in [0.25, 0.3) is 0 Å². The van der Waals surface area contributed by atoms with Gasteiger partial charge in [-0.3, -0.25) is 14.4 Å². The highest BCUT2D eigenvalue weighted by Gasteiger charge is 2.28. The number of carboxylic acid groups (broad SMARTS) is 1. The van der Waals surface area contributed by atoms with Gasteiger partial charge in [-0.1, -0.05) is 0 Å². The Kier molecular flexibility index (Phi) is 4.77. The molecule has 0 bridgehead atoms. The number of likely N-dealkylation sites (N-methyl/N-ethyl adjacent to an activating group) is 1. The Bertz CT molecular complexity index is 672. The van der Waals surface area contributed by atoms with Crippen LogP contribution in [-0.4, -0.2) is 39.9 Å². The summed E-state index contributed by atoms with van der Waals surface area (Å²) in [6.45, 7) is 0.366. The average molecular weight is 307 g/mol. The molecule has 1 unspecified atom stereocenters. The van der Waals surface area contributed by atoms with E-state index in [2.05, 4.69) is 5.10 Å². The van der Waals surface area contributed by atoms with Gasteiger partial charge in [-0.15, -0.1) is 0 Å². The number of carbonyl (C=O) groups is 1. The molecule has 0 aliphatic carbocycles. The molecular weight excluding hydrogens is 289 g/mol. The van der Waals surface area contributed by atoms with Gasteiger partial charge in [0.05, 0.1) is 13.3 Å². The molecule has 1 heterocycles. The predicted octanol–water partition coefficient (Wildman–Crippen LogP) is 1.83. The van der Waals surface area contributed by atoms with E-state index in [0.717, 1.165) is 5.56 Å². The van der Waals surface area contributed by atoms with Crippen molar-refractivity contribution in [2.24, 2.45) is 7.05 Å². The molecule has 0 aliphatic rings. The third-order valence-electron chi connectivity index (χ3n) is 3.35. The number of aromatic nitrogens is 2. The molecule has 22 heavy (non-hydrogen) atoms. The first kappa shape index (κ1) is 16.0.